The molecule has 92 valence electrons. The molecule has 0 heterocycles. The Morgan fingerprint density at radius 3 is 2.44 bits per heavy atom. The summed E-state index contributed by atoms with van der Waals surface area (Å²) in [5.74, 6) is -0.535. The van der Waals surface area contributed by atoms with Crippen LogP contribution in [-0.4, -0.2) is 11.1 Å². The molecular formula is C13H11IN2O2. The topological polar surface area (TPSA) is 61.4 Å². The second-order valence-electron chi connectivity index (χ2n) is 3.59. The zero-order valence-electron chi connectivity index (χ0n) is 9.35. The second-order valence-corrected chi connectivity index (χ2v) is 4.76. The average molecular weight is 354 g/mol. The SMILES string of the molecule is O=C(NO)c1cccc(I)c1Nc1ccccc1. The summed E-state index contributed by atoms with van der Waals surface area (Å²) >= 11 is 2.14. The van der Waals surface area contributed by atoms with Gasteiger partial charge in [-0.25, -0.2) is 5.48 Å². The Bertz CT molecular complexity index is 558. The lowest BCUT2D eigenvalue weighted by molar-refractivity contribution is 0.0707. The lowest BCUT2D eigenvalue weighted by Gasteiger charge is -2.12. The fourth-order valence-corrected chi connectivity index (χ4v) is 2.20. The number of carbonyl (C=O) groups is 1. The molecule has 18 heavy (non-hydrogen) atoms. The van der Waals surface area contributed by atoms with E-state index in [1.165, 1.54) is 0 Å². The van der Waals surface area contributed by atoms with Gasteiger partial charge in [0.2, 0.25) is 0 Å². The van der Waals surface area contributed by atoms with Crippen LogP contribution in [0.3, 0.4) is 0 Å². The summed E-state index contributed by atoms with van der Waals surface area (Å²) in [7, 11) is 0. The number of hydroxylamine groups is 1. The van der Waals surface area contributed by atoms with Gasteiger partial charge in [-0.2, -0.15) is 0 Å². The van der Waals surface area contributed by atoms with E-state index in [9.17, 15) is 4.79 Å². The molecule has 0 saturated heterocycles. The van der Waals surface area contributed by atoms with Crippen LogP contribution >= 0.6 is 22.6 Å². The minimum absolute atomic E-state index is 0.397. The van der Waals surface area contributed by atoms with Crippen LogP contribution < -0.4 is 10.8 Å². The van der Waals surface area contributed by atoms with E-state index < -0.39 is 5.91 Å². The van der Waals surface area contributed by atoms with Crippen LogP contribution in [-0.2, 0) is 0 Å². The predicted molar refractivity (Wildman–Crippen MR) is 78.1 cm³/mol. The minimum Gasteiger partial charge on any atom is -0.354 e. The Balaban J connectivity index is 2.40. The first kappa shape index (κ1) is 12.8. The summed E-state index contributed by atoms with van der Waals surface area (Å²) in [6, 6.07) is 14.9. The number of anilines is 2. The number of amides is 1. The summed E-state index contributed by atoms with van der Waals surface area (Å²) in [6.07, 6.45) is 0. The van der Waals surface area contributed by atoms with Crippen molar-refractivity contribution in [1.29, 1.82) is 0 Å². The molecule has 3 N–H and O–H groups in total. The zero-order chi connectivity index (χ0) is 13.0. The summed E-state index contributed by atoms with van der Waals surface area (Å²) in [4.78, 5) is 11.6. The van der Waals surface area contributed by atoms with Gasteiger partial charge in [0.05, 0.1) is 11.3 Å². The largest absolute Gasteiger partial charge is 0.354 e. The molecule has 0 aliphatic carbocycles. The molecule has 5 heteroatoms. The first-order valence-electron chi connectivity index (χ1n) is 5.27. The highest BCUT2D eigenvalue weighted by Crippen LogP contribution is 2.26. The molecule has 0 saturated carbocycles. The smallest absolute Gasteiger partial charge is 0.276 e. The van der Waals surface area contributed by atoms with Crippen molar-refractivity contribution in [3.8, 4) is 0 Å². The van der Waals surface area contributed by atoms with Gasteiger partial charge in [0.1, 0.15) is 0 Å². The van der Waals surface area contributed by atoms with E-state index in [-0.39, 0.29) is 0 Å². The summed E-state index contributed by atoms with van der Waals surface area (Å²) in [5.41, 5.74) is 3.61. The maximum absolute atomic E-state index is 11.6. The standard InChI is InChI=1S/C13H11IN2O2/c14-11-8-4-7-10(13(17)16-18)12(11)15-9-5-2-1-3-6-9/h1-8,15,18H,(H,16,17). The molecule has 0 aromatic heterocycles. The van der Waals surface area contributed by atoms with Crippen molar-refractivity contribution in [3.63, 3.8) is 0 Å². The minimum atomic E-state index is -0.535. The van der Waals surface area contributed by atoms with Gasteiger partial charge in [-0.1, -0.05) is 24.3 Å². The summed E-state index contributed by atoms with van der Waals surface area (Å²) in [6.45, 7) is 0. The van der Waals surface area contributed by atoms with Crippen molar-refractivity contribution >= 4 is 39.9 Å². The van der Waals surface area contributed by atoms with Crippen LogP contribution in [0.25, 0.3) is 0 Å². The molecule has 2 aromatic carbocycles. The second kappa shape index (κ2) is 5.83. The Kier molecular flexibility index (Phi) is 4.16. The predicted octanol–water partition coefficient (Wildman–Crippen LogP) is 3.15. The molecule has 0 aliphatic rings. The molecule has 2 aromatic rings. The van der Waals surface area contributed by atoms with E-state index >= 15 is 0 Å². The number of carbonyl (C=O) groups excluding carboxylic acids is 1. The van der Waals surface area contributed by atoms with Gasteiger partial charge < -0.3 is 5.32 Å². The van der Waals surface area contributed by atoms with Gasteiger partial charge in [0.25, 0.3) is 5.91 Å². The highest BCUT2D eigenvalue weighted by atomic mass is 127. The van der Waals surface area contributed by atoms with Gasteiger partial charge in [-0.15, -0.1) is 0 Å². The van der Waals surface area contributed by atoms with Gasteiger partial charge in [-0.3, -0.25) is 10.0 Å². The first-order valence-corrected chi connectivity index (χ1v) is 6.35. The zero-order valence-corrected chi connectivity index (χ0v) is 11.5. The molecule has 4 nitrogen and oxygen atoms in total. The van der Waals surface area contributed by atoms with Crippen molar-refractivity contribution in [3.05, 3.63) is 57.7 Å². The van der Waals surface area contributed by atoms with Crippen molar-refractivity contribution in [1.82, 2.24) is 5.48 Å². The third-order valence-corrected chi connectivity index (χ3v) is 3.30. The molecule has 0 bridgehead atoms. The van der Waals surface area contributed by atoms with Crippen LogP contribution in [0.15, 0.2) is 48.5 Å². The molecule has 0 radical (unpaired) electrons. The number of nitrogens with one attached hydrogen (secondary N) is 2. The van der Waals surface area contributed by atoms with E-state index in [4.69, 9.17) is 5.21 Å². The van der Waals surface area contributed by atoms with Gasteiger partial charge in [0.15, 0.2) is 0 Å². The number of hydrogen-bond acceptors (Lipinski definition) is 3. The molecule has 0 aliphatic heterocycles. The van der Waals surface area contributed by atoms with Crippen LogP contribution in [0.4, 0.5) is 11.4 Å². The Hall–Kier alpha value is -1.60. The molecule has 0 atom stereocenters. The highest BCUT2D eigenvalue weighted by Gasteiger charge is 2.13. The van der Waals surface area contributed by atoms with Crippen molar-refractivity contribution in [2.45, 2.75) is 0 Å². The van der Waals surface area contributed by atoms with E-state index in [0.29, 0.717) is 11.3 Å². The highest BCUT2D eigenvalue weighted by molar-refractivity contribution is 14.1. The summed E-state index contributed by atoms with van der Waals surface area (Å²) < 4.78 is 0.901. The lowest BCUT2D eigenvalue weighted by Crippen LogP contribution is -2.20. The van der Waals surface area contributed by atoms with Crippen molar-refractivity contribution in [2.24, 2.45) is 0 Å². The number of hydrogen-bond donors (Lipinski definition) is 3. The molecule has 2 rings (SSSR count). The number of para-hydroxylation sites is 2. The molecule has 1 amide bonds. The van der Waals surface area contributed by atoms with Crippen LogP contribution in [0, 0.1) is 3.57 Å². The Morgan fingerprint density at radius 2 is 1.78 bits per heavy atom. The quantitative estimate of drug-likeness (QED) is 0.451. The molecular weight excluding hydrogens is 343 g/mol. The van der Waals surface area contributed by atoms with Crippen LogP contribution in [0.1, 0.15) is 10.4 Å². The van der Waals surface area contributed by atoms with E-state index in [1.807, 2.05) is 36.4 Å². The average Bonchev–Trinajstić information content (AvgIpc) is 2.41. The lowest BCUT2D eigenvalue weighted by atomic mass is 10.1. The molecule has 0 fully saturated rings. The molecule has 0 unspecified atom stereocenters. The number of benzene rings is 2. The van der Waals surface area contributed by atoms with Gasteiger partial charge in [0, 0.05) is 9.26 Å². The Labute approximate surface area is 118 Å². The van der Waals surface area contributed by atoms with E-state index in [2.05, 4.69) is 27.9 Å². The third-order valence-electron chi connectivity index (χ3n) is 2.40. The van der Waals surface area contributed by atoms with Crippen molar-refractivity contribution < 1.29 is 10.0 Å². The fourth-order valence-electron chi connectivity index (χ4n) is 1.57. The number of halogens is 1. The van der Waals surface area contributed by atoms with E-state index in [1.54, 1.807) is 17.6 Å². The fraction of sp³-hybridized carbons (Fsp3) is 0. The molecule has 0 spiro atoms. The van der Waals surface area contributed by atoms with E-state index in [0.717, 1.165) is 9.26 Å². The Morgan fingerprint density at radius 1 is 1.06 bits per heavy atom. The maximum Gasteiger partial charge on any atom is 0.276 e. The first-order chi connectivity index (χ1) is 8.72. The third kappa shape index (κ3) is 2.80. The summed E-state index contributed by atoms with van der Waals surface area (Å²) in [5, 5.41) is 11.9. The normalized spacial score (nSPS) is 9.89. The van der Waals surface area contributed by atoms with Gasteiger partial charge in [-0.05, 0) is 46.9 Å². The van der Waals surface area contributed by atoms with Crippen LogP contribution in [0.5, 0.6) is 0 Å². The number of rotatable bonds is 3. The maximum atomic E-state index is 11.6. The van der Waals surface area contributed by atoms with Gasteiger partial charge >= 0.3 is 0 Å². The monoisotopic (exact) mass is 354 g/mol. The van der Waals surface area contributed by atoms with Crippen LogP contribution in [0.2, 0.25) is 0 Å². The van der Waals surface area contributed by atoms with Crippen molar-refractivity contribution in [2.75, 3.05) is 5.32 Å².